The number of hydrogen-bond donors (Lipinski definition) is 27. The van der Waals surface area contributed by atoms with Gasteiger partial charge in [0, 0.05) is 6.92 Å². The molecule has 0 radical (unpaired) electrons. The number of ether oxygens (including phenoxy) is 16. The normalized spacial score (nSPS) is 42.4. The van der Waals surface area contributed by atoms with E-state index in [0.29, 0.717) is 0 Å². The first-order chi connectivity index (χ1) is 51.6. The van der Waals surface area contributed by atoms with Gasteiger partial charge in [0.1, 0.15) is 182 Å². The average molecular weight is 1610 g/mol. The van der Waals surface area contributed by atoms with E-state index in [1.165, 1.54) is 0 Å². The van der Waals surface area contributed by atoms with Crippen LogP contribution in [0.25, 0.3) is 0 Å². The Balaban J connectivity index is 0.000000355. The molecule has 7 rings (SSSR count). The van der Waals surface area contributed by atoms with Gasteiger partial charge >= 0.3 is 12.2 Å². The lowest BCUT2D eigenvalue weighted by atomic mass is 9.95. The highest BCUT2D eigenvalue weighted by Crippen LogP contribution is 2.37. The molecule has 46 heteroatoms. The summed E-state index contributed by atoms with van der Waals surface area (Å²) in [6, 6.07) is -3.86. The summed E-state index contributed by atoms with van der Waals surface area (Å²) in [6.07, 6.45) is -62.6. The van der Waals surface area contributed by atoms with Crippen LogP contribution in [0.4, 0.5) is 9.59 Å². The second-order valence-corrected chi connectivity index (χ2v) is 28.8. The van der Waals surface area contributed by atoms with Crippen molar-refractivity contribution in [2.24, 2.45) is 0 Å². The maximum absolute atomic E-state index is 12.4. The van der Waals surface area contributed by atoms with E-state index < -0.39 is 328 Å². The second kappa shape index (κ2) is 42.2. The Labute approximate surface area is 628 Å². The standard InChI is InChI=1S/C36H62N2O24.C28H49NO19/c1-6-14(44)13(38-35(53)62-36(3,4)5)11-54-32-25(50)23(48)28(17(9-41)57-32)59-33-26(51)24(49)29(18(10-42)58-33)60-34-27(52)30(21(46)16(8-40)56-34)61-31-19(37-12(2)43)22(47)20(45)15(7-39)55-31;1-5-11(33)10(29-27(41)48-28(2,3)4)9-42-24-20(39)17(36)22(13(7-31)44-24)47-26-21(40)18(37)23(14(8-32)45-26)46-25-19(38)16(35)15(34)12(6-30)43-25/h6,13-34,39-42,44-52H,1,7-11H2,2-5H3,(H,37,43)(H,38,53);5,10-26,30-40H,1,6-9H2,2-4H3,(H,29,41)/t13-,14+,15?,16?,17?,18?,19?,20-,21-,22+,23+,24+,25?,26?,27?,28+,29-,30-,31-,32+,33-,34+;10-,11+,12?,13?,14?,15-,16-,17+,18+,19?,20?,21?,22+,23-,24+,25+,26-/m00/s1. The smallest absolute Gasteiger partial charge is 0.408 e. The van der Waals surface area contributed by atoms with Gasteiger partial charge in [0.05, 0.1) is 83.8 Å². The third-order valence-corrected chi connectivity index (χ3v) is 18.3. The molecule has 0 spiro atoms. The SMILES string of the molecule is C=C[C@@H](O)[C@H](CO[C@@H]1OC(CO)[C@@H](O[C@@H]2OC(CO)[C@H](O[C@H]3OC(CO)[C@H](O)[C@H](O)C3O)[C@H](O)C2O)[C@H](O)C1O)NC(=O)OC(C)(C)C.C=C[C@@H](O)[C@H](CO[C@@H]1OC(CO)[C@@H](O[C@@H]2OC(CO)[C@H](O[C@H]3OC(CO)[C@H](O)[C@H](O[C@@H]4OC(CO)[C@H](O)[C@H](O)C4NC(C)=O)C3O)[C@H](O)C2O)[C@H](O)C1O)NC(=O)OC(C)(C)C. The number of aliphatic hydroxyl groups excluding tert-OH is 24. The summed E-state index contributed by atoms with van der Waals surface area (Å²) in [5, 5.41) is 259. The predicted octanol–water partition coefficient (Wildman–Crippen LogP) is -14.2. The Morgan fingerprint density at radius 2 is 0.618 bits per heavy atom. The van der Waals surface area contributed by atoms with Crippen LogP contribution in [0.2, 0.25) is 0 Å². The van der Waals surface area contributed by atoms with Crippen molar-refractivity contribution in [1.29, 1.82) is 0 Å². The molecule has 0 saturated carbocycles. The van der Waals surface area contributed by atoms with Crippen LogP contribution in [0, 0.1) is 0 Å². The van der Waals surface area contributed by atoms with Gasteiger partial charge in [-0.15, -0.1) is 13.2 Å². The Morgan fingerprint density at radius 1 is 0.355 bits per heavy atom. The number of carbonyl (C=O) groups is 3. The molecule has 7 saturated heterocycles. The van der Waals surface area contributed by atoms with Crippen LogP contribution in [-0.4, -0.2) is 450 Å². The fourth-order valence-corrected chi connectivity index (χ4v) is 12.3. The number of amides is 3. The summed E-state index contributed by atoms with van der Waals surface area (Å²) in [5.74, 6) is -0.710. The lowest BCUT2D eigenvalue weighted by Gasteiger charge is -2.49. The van der Waals surface area contributed by atoms with E-state index in [9.17, 15) is 137 Å². The molecular formula is C64H111N3O43. The summed E-state index contributed by atoms with van der Waals surface area (Å²) in [6.45, 7) is 10.6. The topological polar surface area (TPSA) is 721 Å². The van der Waals surface area contributed by atoms with Crippen molar-refractivity contribution < 1.29 is 213 Å². The van der Waals surface area contributed by atoms with E-state index in [1.807, 2.05) is 0 Å². The maximum Gasteiger partial charge on any atom is 0.408 e. The van der Waals surface area contributed by atoms with E-state index in [4.69, 9.17) is 75.8 Å². The number of hydrogen-bond acceptors (Lipinski definition) is 43. The molecule has 0 aliphatic carbocycles. The lowest BCUT2D eigenvalue weighted by molar-refractivity contribution is -0.386. The molecule has 39 atom stereocenters. The molecule has 640 valence electrons. The molecule has 46 nitrogen and oxygen atoms in total. The van der Waals surface area contributed by atoms with Crippen LogP contribution >= 0.6 is 0 Å². The van der Waals surface area contributed by atoms with Crippen LogP contribution in [0.1, 0.15) is 48.5 Å². The Hall–Kier alpha value is -4.03. The fraction of sp³-hybridized carbons (Fsp3) is 0.891. The summed E-state index contributed by atoms with van der Waals surface area (Å²) in [4.78, 5) is 36.5. The molecule has 7 heterocycles. The van der Waals surface area contributed by atoms with Crippen molar-refractivity contribution in [3.8, 4) is 0 Å². The van der Waals surface area contributed by atoms with Gasteiger partial charge in [-0.2, -0.15) is 0 Å². The molecular weight excluding hydrogens is 1500 g/mol. The third kappa shape index (κ3) is 24.1. The molecule has 7 aliphatic rings. The minimum absolute atomic E-state index is 0.491. The van der Waals surface area contributed by atoms with Crippen molar-refractivity contribution in [3.05, 3.63) is 25.3 Å². The van der Waals surface area contributed by atoms with Gasteiger partial charge in [-0.3, -0.25) is 4.79 Å². The summed E-state index contributed by atoms with van der Waals surface area (Å²) < 4.78 is 88.5. The van der Waals surface area contributed by atoms with E-state index in [-0.39, 0.29) is 0 Å². The molecule has 110 heavy (non-hydrogen) atoms. The minimum atomic E-state index is -2.11. The van der Waals surface area contributed by atoms with Crippen molar-refractivity contribution in [1.82, 2.24) is 16.0 Å². The number of alkyl carbamates (subject to hydrolysis) is 2. The van der Waals surface area contributed by atoms with Gasteiger partial charge in [0.15, 0.2) is 44.0 Å². The first kappa shape index (κ1) is 94.8. The van der Waals surface area contributed by atoms with E-state index >= 15 is 0 Å². The van der Waals surface area contributed by atoms with Gasteiger partial charge in [-0.25, -0.2) is 9.59 Å². The van der Waals surface area contributed by atoms with E-state index in [1.54, 1.807) is 41.5 Å². The zero-order valence-corrected chi connectivity index (χ0v) is 60.9. The molecule has 0 aromatic carbocycles. The van der Waals surface area contributed by atoms with Crippen molar-refractivity contribution in [2.75, 3.05) is 59.5 Å². The largest absolute Gasteiger partial charge is 0.444 e. The van der Waals surface area contributed by atoms with Gasteiger partial charge in [0.25, 0.3) is 0 Å². The quantitative estimate of drug-likeness (QED) is 0.0297. The van der Waals surface area contributed by atoms with Crippen LogP contribution in [0.15, 0.2) is 25.3 Å². The Morgan fingerprint density at radius 3 is 0.927 bits per heavy atom. The van der Waals surface area contributed by atoms with Crippen molar-refractivity contribution in [3.63, 3.8) is 0 Å². The molecule has 7 fully saturated rings. The number of carbonyl (C=O) groups excluding carboxylic acids is 3. The zero-order chi connectivity index (χ0) is 82.5. The zero-order valence-electron chi connectivity index (χ0n) is 60.9. The lowest BCUT2D eigenvalue weighted by Crippen LogP contribution is -2.69. The number of rotatable bonds is 30. The van der Waals surface area contributed by atoms with E-state index in [2.05, 4.69) is 29.1 Å². The Bertz CT molecular complexity index is 2790. The monoisotopic (exact) mass is 1610 g/mol. The first-order valence-electron chi connectivity index (χ1n) is 35.0. The first-order valence-corrected chi connectivity index (χ1v) is 35.0. The molecule has 3 amide bonds. The molecule has 27 N–H and O–H groups in total. The number of nitrogens with one attached hydrogen (secondary N) is 3. The predicted molar refractivity (Wildman–Crippen MR) is 353 cm³/mol. The molecule has 0 bridgehead atoms. The van der Waals surface area contributed by atoms with Crippen LogP contribution in [-0.2, 0) is 80.6 Å². The molecule has 0 aromatic rings. The molecule has 0 aromatic heterocycles. The highest BCUT2D eigenvalue weighted by atomic mass is 16.8. The van der Waals surface area contributed by atoms with Crippen LogP contribution in [0.5, 0.6) is 0 Å². The van der Waals surface area contributed by atoms with E-state index in [0.717, 1.165) is 19.1 Å². The van der Waals surface area contributed by atoms with Crippen LogP contribution in [0.3, 0.4) is 0 Å². The maximum atomic E-state index is 12.4. The van der Waals surface area contributed by atoms with Gasteiger partial charge in [0.2, 0.25) is 5.91 Å². The summed E-state index contributed by atoms with van der Waals surface area (Å²) in [5.41, 5.74) is -1.74. The summed E-state index contributed by atoms with van der Waals surface area (Å²) >= 11 is 0. The van der Waals surface area contributed by atoms with Gasteiger partial charge < -0.3 is 214 Å². The highest BCUT2D eigenvalue weighted by Gasteiger charge is 2.58. The van der Waals surface area contributed by atoms with Crippen molar-refractivity contribution >= 4 is 18.1 Å². The fourth-order valence-electron chi connectivity index (χ4n) is 12.3. The average Bonchev–Trinajstić information content (AvgIpc) is 0.775. The Kier molecular flexibility index (Phi) is 36.4. The third-order valence-electron chi connectivity index (χ3n) is 18.3. The second-order valence-electron chi connectivity index (χ2n) is 28.8. The van der Waals surface area contributed by atoms with Gasteiger partial charge in [-0.1, -0.05) is 12.2 Å². The van der Waals surface area contributed by atoms with Crippen LogP contribution < -0.4 is 16.0 Å². The van der Waals surface area contributed by atoms with Gasteiger partial charge in [-0.05, 0) is 41.5 Å². The van der Waals surface area contributed by atoms with Crippen molar-refractivity contribution in [2.45, 2.75) is 299 Å². The molecule has 14 unspecified atom stereocenters. The number of aliphatic hydroxyl groups is 24. The minimum Gasteiger partial charge on any atom is -0.444 e. The summed E-state index contributed by atoms with van der Waals surface area (Å²) in [7, 11) is 0. The highest BCUT2D eigenvalue weighted by molar-refractivity contribution is 5.73. The molecule has 7 aliphatic heterocycles.